The normalized spacial score (nSPS) is 22.5. The predicted molar refractivity (Wildman–Crippen MR) is 125 cm³/mol. The number of hydrogen-bond donors (Lipinski definition) is 1. The van der Waals surface area contributed by atoms with Crippen LogP contribution in [-0.2, 0) is 18.3 Å². The van der Waals surface area contributed by atoms with E-state index in [0.717, 1.165) is 51.1 Å². The molecule has 0 amide bonds. The van der Waals surface area contributed by atoms with Crippen molar-refractivity contribution < 1.29 is 9.84 Å². The summed E-state index contributed by atoms with van der Waals surface area (Å²) in [7, 11) is 0. The van der Waals surface area contributed by atoms with Crippen LogP contribution < -0.4 is 4.74 Å². The van der Waals surface area contributed by atoms with Crippen molar-refractivity contribution in [2.24, 2.45) is 0 Å². The number of aryl methyl sites for hydroxylation is 2. The smallest absolute Gasteiger partial charge is 0.124 e. The van der Waals surface area contributed by atoms with E-state index in [1.165, 1.54) is 23.1 Å². The topological polar surface area (TPSA) is 32.7 Å². The van der Waals surface area contributed by atoms with Gasteiger partial charge in [-0.05, 0) is 74.5 Å². The Hall–Kier alpha value is -2.78. The van der Waals surface area contributed by atoms with E-state index >= 15 is 0 Å². The molecule has 2 atom stereocenters. The molecule has 3 aromatic rings. The van der Waals surface area contributed by atoms with Crippen LogP contribution in [0.2, 0.25) is 0 Å². The van der Waals surface area contributed by atoms with Crippen LogP contribution in [0.15, 0.2) is 78.9 Å². The molecule has 0 aliphatic carbocycles. The maximum absolute atomic E-state index is 10.2. The van der Waals surface area contributed by atoms with Gasteiger partial charge in [0.15, 0.2) is 0 Å². The van der Waals surface area contributed by atoms with Gasteiger partial charge < -0.3 is 9.84 Å². The summed E-state index contributed by atoms with van der Waals surface area (Å²) in [5.41, 5.74) is 3.98. The quantitative estimate of drug-likeness (QED) is 0.566. The fourth-order valence-corrected chi connectivity index (χ4v) is 5.43. The highest BCUT2D eigenvalue weighted by atomic mass is 16.5. The predicted octanol–water partition coefficient (Wildman–Crippen LogP) is 5.36. The second-order valence-electron chi connectivity index (χ2n) is 9.07. The van der Waals surface area contributed by atoms with Crippen molar-refractivity contribution >= 4 is 0 Å². The first-order chi connectivity index (χ1) is 15.2. The van der Waals surface area contributed by atoms with Crippen LogP contribution in [-0.4, -0.2) is 35.7 Å². The van der Waals surface area contributed by atoms with Crippen LogP contribution in [0.3, 0.4) is 0 Å². The fourth-order valence-electron chi connectivity index (χ4n) is 5.43. The number of nitrogens with zero attached hydrogens (tertiary/aromatic N) is 1. The van der Waals surface area contributed by atoms with Gasteiger partial charge in [0, 0.05) is 17.5 Å². The average Bonchev–Trinajstić information content (AvgIpc) is 3.12. The third-order valence-corrected chi connectivity index (χ3v) is 7.17. The van der Waals surface area contributed by atoms with Crippen molar-refractivity contribution in [2.45, 2.75) is 43.6 Å². The molecule has 2 heterocycles. The number of piperidine rings is 1. The molecule has 0 spiro atoms. The molecule has 2 aliphatic heterocycles. The van der Waals surface area contributed by atoms with Crippen molar-refractivity contribution in [3.8, 4) is 11.5 Å². The molecule has 1 fully saturated rings. The molecule has 5 rings (SSSR count). The monoisotopic (exact) mass is 413 g/mol. The minimum atomic E-state index is -0.0140. The average molecular weight is 414 g/mol. The van der Waals surface area contributed by atoms with Crippen molar-refractivity contribution in [3.05, 3.63) is 95.6 Å². The van der Waals surface area contributed by atoms with Gasteiger partial charge in [-0.15, -0.1) is 0 Å². The van der Waals surface area contributed by atoms with Crippen LogP contribution in [0.25, 0.3) is 0 Å². The van der Waals surface area contributed by atoms with Gasteiger partial charge >= 0.3 is 0 Å². The van der Waals surface area contributed by atoms with Gasteiger partial charge in [0.25, 0.3) is 0 Å². The van der Waals surface area contributed by atoms with Crippen LogP contribution in [0.5, 0.6) is 11.5 Å². The Morgan fingerprint density at radius 2 is 1.61 bits per heavy atom. The molecular weight excluding hydrogens is 382 g/mol. The number of phenolic OH excluding ortho intramolecular Hbond substituents is 1. The SMILES string of the molecule is Oc1ccc2c(c1)[C@]1(CCc3ccccc3)CCN(CCCc3ccccc3)C[C@@H]1O2. The Labute approximate surface area is 185 Å². The molecule has 2 aliphatic rings. The molecule has 0 radical (unpaired) electrons. The second kappa shape index (κ2) is 8.76. The number of rotatable bonds is 7. The summed E-state index contributed by atoms with van der Waals surface area (Å²) >= 11 is 0. The molecule has 3 aromatic carbocycles. The zero-order valence-electron chi connectivity index (χ0n) is 18.0. The molecule has 0 bridgehead atoms. The van der Waals surface area contributed by atoms with Crippen molar-refractivity contribution in [3.63, 3.8) is 0 Å². The van der Waals surface area contributed by atoms with Gasteiger partial charge in [0.05, 0.1) is 0 Å². The first-order valence-corrected chi connectivity index (χ1v) is 11.5. The summed E-state index contributed by atoms with van der Waals surface area (Å²) in [5, 5.41) is 10.2. The third kappa shape index (κ3) is 4.20. The summed E-state index contributed by atoms with van der Waals surface area (Å²) in [6, 6.07) is 27.1. The number of phenols is 1. The Kier molecular flexibility index (Phi) is 5.69. The minimum Gasteiger partial charge on any atom is -0.508 e. The van der Waals surface area contributed by atoms with Crippen molar-refractivity contribution in [1.82, 2.24) is 4.90 Å². The lowest BCUT2D eigenvalue weighted by atomic mass is 9.68. The molecule has 31 heavy (non-hydrogen) atoms. The molecule has 1 N–H and O–H groups in total. The molecule has 0 unspecified atom stereocenters. The van der Waals surface area contributed by atoms with Crippen molar-refractivity contribution in [1.29, 1.82) is 0 Å². The number of benzene rings is 3. The first-order valence-electron chi connectivity index (χ1n) is 11.5. The Balaban J connectivity index is 1.29. The summed E-state index contributed by atoms with van der Waals surface area (Å²) < 4.78 is 6.50. The highest BCUT2D eigenvalue weighted by Crippen LogP contribution is 2.51. The zero-order valence-corrected chi connectivity index (χ0v) is 18.0. The molecule has 3 heteroatoms. The Bertz CT molecular complexity index is 1000. The Morgan fingerprint density at radius 1 is 0.903 bits per heavy atom. The van der Waals surface area contributed by atoms with Gasteiger partial charge in [0.1, 0.15) is 17.6 Å². The molecule has 160 valence electrons. The van der Waals surface area contributed by atoms with Crippen molar-refractivity contribution in [2.75, 3.05) is 19.6 Å². The largest absolute Gasteiger partial charge is 0.508 e. The maximum Gasteiger partial charge on any atom is 0.124 e. The standard InChI is InChI=1S/C28H31NO2/c30-24-13-14-26-25(20-24)28(16-15-23-10-5-2-6-11-23)17-19-29(21-27(28)31-26)18-7-12-22-8-3-1-4-9-22/h1-6,8-11,13-14,20,27,30H,7,12,15-19,21H2/t27-,28-/m0/s1. The fraction of sp³-hybridized carbons (Fsp3) is 0.357. The van der Waals surface area contributed by atoms with E-state index < -0.39 is 0 Å². The van der Waals surface area contributed by atoms with E-state index in [0.29, 0.717) is 5.75 Å². The number of likely N-dealkylation sites (tertiary alicyclic amines) is 1. The van der Waals surface area contributed by atoms with E-state index in [1.54, 1.807) is 6.07 Å². The summed E-state index contributed by atoms with van der Waals surface area (Å²) in [4.78, 5) is 2.57. The van der Waals surface area contributed by atoms with E-state index in [9.17, 15) is 5.11 Å². The summed E-state index contributed by atoms with van der Waals surface area (Å²) in [6.45, 7) is 3.14. The lowest BCUT2D eigenvalue weighted by Crippen LogP contribution is -2.53. The van der Waals surface area contributed by atoms with Gasteiger partial charge in [-0.3, -0.25) is 4.90 Å². The molecule has 0 saturated carbocycles. The van der Waals surface area contributed by atoms with Gasteiger partial charge in [-0.25, -0.2) is 0 Å². The second-order valence-corrected chi connectivity index (χ2v) is 9.07. The van der Waals surface area contributed by atoms with Crippen LogP contribution in [0, 0.1) is 0 Å². The van der Waals surface area contributed by atoms with E-state index in [4.69, 9.17) is 4.74 Å². The Morgan fingerprint density at radius 3 is 2.35 bits per heavy atom. The lowest BCUT2D eigenvalue weighted by molar-refractivity contribution is 0.0378. The number of ether oxygens (including phenoxy) is 1. The highest BCUT2D eigenvalue weighted by molar-refractivity contribution is 5.49. The molecule has 3 nitrogen and oxygen atoms in total. The van der Waals surface area contributed by atoms with E-state index in [1.807, 2.05) is 12.1 Å². The molecule has 0 aromatic heterocycles. The van der Waals surface area contributed by atoms with E-state index in [2.05, 4.69) is 65.6 Å². The van der Waals surface area contributed by atoms with Gasteiger partial charge in [-0.1, -0.05) is 60.7 Å². The maximum atomic E-state index is 10.2. The first kappa shape index (κ1) is 20.1. The third-order valence-electron chi connectivity index (χ3n) is 7.17. The van der Waals surface area contributed by atoms with Crippen LogP contribution >= 0.6 is 0 Å². The summed E-state index contributed by atoms with van der Waals surface area (Å²) in [6.07, 6.45) is 5.60. The lowest BCUT2D eigenvalue weighted by Gasteiger charge is -2.43. The van der Waals surface area contributed by atoms with Crippen LogP contribution in [0.4, 0.5) is 0 Å². The minimum absolute atomic E-state index is 0.0140. The highest BCUT2D eigenvalue weighted by Gasteiger charge is 2.51. The number of hydrogen-bond acceptors (Lipinski definition) is 3. The van der Waals surface area contributed by atoms with E-state index in [-0.39, 0.29) is 11.5 Å². The molecule has 1 saturated heterocycles. The number of aromatic hydroxyl groups is 1. The molecular formula is C28H31NO2. The van der Waals surface area contributed by atoms with Crippen LogP contribution in [0.1, 0.15) is 36.0 Å². The summed E-state index contributed by atoms with van der Waals surface area (Å²) in [5.74, 6) is 1.30. The van der Waals surface area contributed by atoms with Gasteiger partial charge in [-0.2, -0.15) is 0 Å². The number of fused-ring (bicyclic) bond motifs is 3. The van der Waals surface area contributed by atoms with Gasteiger partial charge in [0.2, 0.25) is 0 Å². The zero-order chi connectivity index (χ0) is 21.1.